The van der Waals surface area contributed by atoms with Crippen LogP contribution in [0.2, 0.25) is 0 Å². The molecule has 1 aliphatic heterocycles. The highest BCUT2D eigenvalue weighted by Gasteiger charge is 2.43. The number of Topliss-reactive ketones (excluding diaryl/α,β-unsaturated/α-hetero) is 1. The molecule has 0 fully saturated rings. The summed E-state index contributed by atoms with van der Waals surface area (Å²) < 4.78 is 5.08. The Morgan fingerprint density at radius 2 is 1.83 bits per heavy atom. The van der Waals surface area contributed by atoms with Gasteiger partial charge in [0.25, 0.3) is 5.91 Å². The summed E-state index contributed by atoms with van der Waals surface area (Å²) in [5.74, 6) is -1.13. The van der Waals surface area contributed by atoms with Crippen LogP contribution in [-0.2, 0) is 27.2 Å². The lowest BCUT2D eigenvalue weighted by Crippen LogP contribution is -2.39. The number of aryl methyl sites for hydroxylation is 1. The Kier molecular flexibility index (Phi) is 6.37. The van der Waals surface area contributed by atoms with Crippen LogP contribution in [0, 0.1) is 5.41 Å². The fraction of sp³-hybridized carbons (Fsp3) is 0.414. The Morgan fingerprint density at radius 1 is 1.11 bits per heavy atom. The van der Waals surface area contributed by atoms with E-state index in [9.17, 15) is 14.4 Å². The number of hydrogen-bond acceptors (Lipinski definition) is 6. The van der Waals surface area contributed by atoms with Crippen LogP contribution in [0.1, 0.15) is 78.7 Å². The van der Waals surface area contributed by atoms with Gasteiger partial charge in [-0.15, -0.1) is 11.3 Å². The first-order valence-electron chi connectivity index (χ1n) is 12.5. The maximum absolute atomic E-state index is 14.0. The molecule has 5 rings (SSSR count). The monoisotopic (exact) mass is 504 g/mol. The van der Waals surface area contributed by atoms with Crippen LogP contribution >= 0.6 is 11.3 Å². The van der Waals surface area contributed by atoms with E-state index >= 15 is 0 Å². The Bertz CT molecular complexity index is 1320. The number of esters is 1. The molecule has 6 nitrogen and oxygen atoms in total. The van der Waals surface area contributed by atoms with Crippen LogP contribution in [0.25, 0.3) is 0 Å². The van der Waals surface area contributed by atoms with Crippen LogP contribution in [0.3, 0.4) is 0 Å². The lowest BCUT2D eigenvalue weighted by molar-refractivity contribution is -0.118. The van der Waals surface area contributed by atoms with Crippen molar-refractivity contribution >= 4 is 34.0 Å². The molecule has 0 bridgehead atoms. The average Bonchev–Trinajstić information content (AvgIpc) is 3.20. The Morgan fingerprint density at radius 3 is 2.56 bits per heavy atom. The molecule has 1 aromatic heterocycles. The van der Waals surface area contributed by atoms with E-state index in [0.29, 0.717) is 28.1 Å². The van der Waals surface area contributed by atoms with Crippen molar-refractivity contribution in [3.8, 4) is 0 Å². The fourth-order valence-electron chi connectivity index (χ4n) is 5.86. The van der Waals surface area contributed by atoms with Gasteiger partial charge in [-0.25, -0.2) is 4.79 Å². The lowest BCUT2D eigenvalue weighted by atomic mass is 9.68. The van der Waals surface area contributed by atoms with E-state index in [1.165, 1.54) is 18.4 Å². The first-order valence-corrected chi connectivity index (χ1v) is 13.3. The molecule has 1 atom stereocenters. The predicted octanol–water partition coefficient (Wildman–Crippen LogP) is 5.66. The molecule has 1 amide bonds. The van der Waals surface area contributed by atoms with Crippen molar-refractivity contribution in [1.82, 2.24) is 5.32 Å². The highest BCUT2D eigenvalue weighted by atomic mass is 32.1. The molecule has 2 N–H and O–H groups in total. The smallest absolute Gasteiger partial charge is 0.341 e. The van der Waals surface area contributed by atoms with Crippen molar-refractivity contribution in [2.45, 2.75) is 65.2 Å². The van der Waals surface area contributed by atoms with Gasteiger partial charge in [-0.2, -0.15) is 0 Å². The van der Waals surface area contributed by atoms with E-state index in [2.05, 4.69) is 24.5 Å². The van der Waals surface area contributed by atoms with Crippen molar-refractivity contribution in [2.24, 2.45) is 5.41 Å². The number of methoxy groups -OCH3 is 1. The van der Waals surface area contributed by atoms with Gasteiger partial charge in [-0.1, -0.05) is 44.2 Å². The molecule has 36 heavy (non-hydrogen) atoms. The number of amides is 1. The third-order valence-electron chi connectivity index (χ3n) is 7.41. The molecule has 0 radical (unpaired) electrons. The van der Waals surface area contributed by atoms with Crippen LogP contribution in [-0.4, -0.2) is 24.8 Å². The van der Waals surface area contributed by atoms with Gasteiger partial charge in [0.2, 0.25) is 0 Å². The number of benzene rings is 1. The van der Waals surface area contributed by atoms with E-state index in [-0.39, 0.29) is 17.1 Å². The molecule has 1 aromatic carbocycles. The quantitative estimate of drug-likeness (QED) is 0.525. The SMILES string of the molecule is COC(=O)c1c(NC(=O)C2=C(C)NC3=C(C(=O)CC(C)(C)C3)C2c2ccccc2)sc2c1CCCC2. The molecule has 1 unspecified atom stereocenters. The van der Waals surface area contributed by atoms with Gasteiger partial charge in [-0.3, -0.25) is 9.59 Å². The molecule has 0 saturated heterocycles. The van der Waals surface area contributed by atoms with E-state index in [1.807, 2.05) is 37.3 Å². The summed E-state index contributed by atoms with van der Waals surface area (Å²) in [5.41, 5.74) is 5.05. The van der Waals surface area contributed by atoms with Gasteiger partial charge in [0, 0.05) is 39.8 Å². The van der Waals surface area contributed by atoms with Crippen LogP contribution in [0.15, 0.2) is 52.9 Å². The molecular formula is C29H32N2O4S. The summed E-state index contributed by atoms with van der Waals surface area (Å²) in [5, 5.41) is 6.99. The van der Waals surface area contributed by atoms with Crippen molar-refractivity contribution in [2.75, 3.05) is 12.4 Å². The standard InChI is InChI=1S/C29H32N2O4S/c1-16-22(26(33)31-27-24(28(34)35-4)18-12-8-9-13-21(18)36-27)23(17-10-6-5-7-11-17)25-19(30-16)14-29(2,3)15-20(25)32/h5-7,10-11,23,30H,8-9,12-15H2,1-4H3,(H,31,33). The van der Waals surface area contributed by atoms with E-state index in [4.69, 9.17) is 4.74 Å². The third kappa shape index (κ3) is 4.30. The van der Waals surface area contributed by atoms with E-state index < -0.39 is 11.9 Å². The number of anilines is 1. The number of dihydropyridines is 1. The minimum absolute atomic E-state index is 0.0715. The van der Waals surface area contributed by atoms with Crippen molar-refractivity contribution in [3.63, 3.8) is 0 Å². The number of carbonyl (C=O) groups is 3. The molecule has 2 aliphatic carbocycles. The Balaban J connectivity index is 1.57. The number of hydrogen-bond donors (Lipinski definition) is 2. The second-order valence-electron chi connectivity index (χ2n) is 10.7. The third-order valence-corrected chi connectivity index (χ3v) is 8.61. The zero-order valence-corrected chi connectivity index (χ0v) is 22.1. The molecule has 188 valence electrons. The van der Waals surface area contributed by atoms with Gasteiger partial charge >= 0.3 is 5.97 Å². The zero-order chi connectivity index (χ0) is 25.6. The summed E-state index contributed by atoms with van der Waals surface area (Å²) >= 11 is 1.46. The first-order chi connectivity index (χ1) is 17.2. The number of ketones is 1. The highest BCUT2D eigenvalue weighted by Crippen LogP contribution is 2.47. The fourth-order valence-corrected chi connectivity index (χ4v) is 7.13. The summed E-state index contributed by atoms with van der Waals surface area (Å²) in [6.45, 7) is 6.09. The van der Waals surface area contributed by atoms with Crippen LogP contribution in [0.5, 0.6) is 0 Å². The van der Waals surface area contributed by atoms with Crippen LogP contribution in [0.4, 0.5) is 5.00 Å². The number of allylic oxidation sites excluding steroid dienone is 3. The van der Waals surface area contributed by atoms with Crippen LogP contribution < -0.4 is 10.6 Å². The zero-order valence-electron chi connectivity index (χ0n) is 21.2. The maximum Gasteiger partial charge on any atom is 0.341 e. The largest absolute Gasteiger partial charge is 0.465 e. The predicted molar refractivity (Wildman–Crippen MR) is 141 cm³/mol. The Hall–Kier alpha value is -3.19. The van der Waals surface area contributed by atoms with Gasteiger partial charge in [0.1, 0.15) is 5.00 Å². The Labute approximate surface area is 215 Å². The number of rotatable bonds is 4. The molecular weight excluding hydrogens is 472 g/mol. The molecule has 2 aromatic rings. The number of carbonyl (C=O) groups excluding carboxylic acids is 3. The van der Waals surface area contributed by atoms with Gasteiger partial charge in [-0.05, 0) is 55.6 Å². The summed E-state index contributed by atoms with van der Waals surface area (Å²) in [4.78, 5) is 41.3. The number of nitrogens with one attached hydrogen (secondary N) is 2. The molecule has 7 heteroatoms. The average molecular weight is 505 g/mol. The second-order valence-corrected chi connectivity index (χ2v) is 11.8. The first kappa shape index (κ1) is 24.5. The molecule has 2 heterocycles. The minimum atomic E-state index is -0.470. The summed E-state index contributed by atoms with van der Waals surface area (Å²) in [6, 6.07) is 9.74. The topological polar surface area (TPSA) is 84.5 Å². The van der Waals surface area contributed by atoms with Gasteiger partial charge in [0.05, 0.1) is 12.7 Å². The summed E-state index contributed by atoms with van der Waals surface area (Å²) in [6.07, 6.45) is 4.98. The van der Waals surface area contributed by atoms with Gasteiger partial charge < -0.3 is 15.4 Å². The number of thiophene rings is 1. The maximum atomic E-state index is 14.0. The molecule has 0 spiro atoms. The molecule has 0 saturated carbocycles. The number of fused-ring (bicyclic) bond motifs is 1. The second kappa shape index (κ2) is 9.36. The lowest BCUT2D eigenvalue weighted by Gasteiger charge is -2.39. The minimum Gasteiger partial charge on any atom is -0.465 e. The number of ether oxygens (including phenoxy) is 1. The van der Waals surface area contributed by atoms with E-state index in [0.717, 1.165) is 59.5 Å². The molecule has 3 aliphatic rings. The highest BCUT2D eigenvalue weighted by molar-refractivity contribution is 7.17. The summed E-state index contributed by atoms with van der Waals surface area (Å²) in [7, 11) is 1.37. The van der Waals surface area contributed by atoms with Crippen molar-refractivity contribution in [1.29, 1.82) is 0 Å². The normalized spacial score (nSPS) is 20.9. The van der Waals surface area contributed by atoms with Crippen molar-refractivity contribution in [3.05, 3.63) is 74.4 Å². The van der Waals surface area contributed by atoms with E-state index in [1.54, 1.807) is 0 Å². The van der Waals surface area contributed by atoms with Crippen molar-refractivity contribution < 1.29 is 19.1 Å². The van der Waals surface area contributed by atoms with Gasteiger partial charge in [0.15, 0.2) is 5.78 Å².